The average molecular weight is 650 g/mol. The van der Waals surface area contributed by atoms with Gasteiger partial charge in [0.25, 0.3) is 11.8 Å². The number of aromatic amines is 1. The van der Waals surface area contributed by atoms with Gasteiger partial charge in [-0.2, -0.15) is 10.6 Å². The minimum Gasteiger partial charge on any atom is -0.484 e. The molecule has 5 aromatic rings. The molecule has 0 bridgehead atoms. The van der Waals surface area contributed by atoms with E-state index in [1.807, 2.05) is 41.3 Å². The molecule has 1 fully saturated rings. The molecule has 1 saturated heterocycles. The second-order valence-corrected chi connectivity index (χ2v) is 14.6. The molecule has 0 atom stereocenters. The van der Waals surface area contributed by atoms with Crippen LogP contribution in [0.15, 0.2) is 83.8 Å². The zero-order valence-corrected chi connectivity index (χ0v) is 26.6. The van der Waals surface area contributed by atoms with Crippen molar-refractivity contribution in [3.8, 4) is 17.1 Å². The van der Waals surface area contributed by atoms with Gasteiger partial charge >= 0.3 is 0 Å². The number of aromatic nitrogens is 2. The van der Waals surface area contributed by atoms with E-state index in [9.17, 15) is 18.7 Å². The molecule has 3 aliphatic rings. The second-order valence-electron chi connectivity index (χ2n) is 12.4. The molecule has 0 aliphatic carbocycles. The Morgan fingerprint density at radius 2 is 1.72 bits per heavy atom. The maximum atomic E-state index is 13.4. The third kappa shape index (κ3) is 5.71. The summed E-state index contributed by atoms with van der Waals surface area (Å²) in [5, 5.41) is 2.81. The van der Waals surface area contributed by atoms with Gasteiger partial charge in [-0.05, 0) is 116 Å². The number of carbonyl (C=O) groups excluding carboxylic acids is 2. The van der Waals surface area contributed by atoms with Crippen LogP contribution in [-0.4, -0.2) is 56.3 Å². The molecule has 0 unspecified atom stereocenters. The zero-order chi connectivity index (χ0) is 32.1. The lowest BCUT2D eigenvalue weighted by Crippen LogP contribution is -2.29. The summed E-state index contributed by atoms with van der Waals surface area (Å²) in [5.41, 5.74) is 7.77. The van der Waals surface area contributed by atoms with Gasteiger partial charge in [-0.1, -0.05) is 0 Å². The molecule has 8 rings (SSSR count). The summed E-state index contributed by atoms with van der Waals surface area (Å²) in [4.78, 5) is 38.9. The van der Waals surface area contributed by atoms with Crippen LogP contribution in [0.5, 0.6) is 5.75 Å². The smallest absolute Gasteiger partial charge is 0.262 e. The lowest BCUT2D eigenvalue weighted by atomic mass is 10.1. The number of piperidine rings is 1. The molecule has 0 spiro atoms. The zero-order valence-electron chi connectivity index (χ0n) is 25.7. The first-order chi connectivity index (χ1) is 22.8. The van der Waals surface area contributed by atoms with Gasteiger partial charge in [0.2, 0.25) is 0 Å². The van der Waals surface area contributed by atoms with E-state index in [1.54, 1.807) is 30.3 Å². The van der Waals surface area contributed by atoms with Crippen LogP contribution in [0.4, 0.5) is 17.1 Å². The van der Waals surface area contributed by atoms with Crippen molar-refractivity contribution < 1.29 is 23.4 Å². The number of ether oxygens (including phenoxy) is 1. The Kier molecular flexibility index (Phi) is 7.39. The number of nitrogens with one attached hydrogen (secondary N) is 2. The average Bonchev–Trinajstić information content (AvgIpc) is 3.76. The highest BCUT2D eigenvalue weighted by Crippen LogP contribution is 2.55. The van der Waals surface area contributed by atoms with Crippen LogP contribution in [0.2, 0.25) is 0 Å². The predicted octanol–water partition coefficient (Wildman–Crippen LogP) is 7.06. The third-order valence-corrected chi connectivity index (χ3v) is 11.1. The van der Waals surface area contributed by atoms with Gasteiger partial charge in [-0.15, -0.1) is 0 Å². The number of fused-ring (bicyclic) bond motifs is 3. The molecule has 0 saturated carbocycles. The van der Waals surface area contributed by atoms with Gasteiger partial charge < -0.3 is 24.8 Å². The number of amides is 2. The molecule has 1 aromatic heterocycles. The normalized spacial score (nSPS) is 17.4. The maximum absolute atomic E-state index is 13.4. The van der Waals surface area contributed by atoms with E-state index in [0.717, 1.165) is 52.1 Å². The van der Waals surface area contributed by atoms with Crippen molar-refractivity contribution in [3.05, 3.63) is 95.6 Å². The Morgan fingerprint density at radius 1 is 0.915 bits per heavy atom. The van der Waals surface area contributed by atoms with Crippen LogP contribution in [0.3, 0.4) is 0 Å². The minimum absolute atomic E-state index is 0.0113. The molecule has 240 valence electrons. The van der Waals surface area contributed by atoms with E-state index in [-0.39, 0.29) is 18.4 Å². The van der Waals surface area contributed by atoms with Gasteiger partial charge in [0, 0.05) is 47.0 Å². The summed E-state index contributed by atoms with van der Waals surface area (Å²) in [6, 6.07) is 24.6. The van der Waals surface area contributed by atoms with E-state index in [4.69, 9.17) is 9.72 Å². The van der Waals surface area contributed by atoms with E-state index in [0.29, 0.717) is 40.9 Å². The van der Waals surface area contributed by atoms with Gasteiger partial charge in [-0.3, -0.25) is 18.7 Å². The number of carbonyl (C=O) groups is 2. The van der Waals surface area contributed by atoms with Crippen molar-refractivity contribution in [2.24, 2.45) is 0 Å². The van der Waals surface area contributed by atoms with Gasteiger partial charge in [0.1, 0.15) is 11.6 Å². The molecule has 4 heterocycles. The third-order valence-electron chi connectivity index (χ3n) is 9.24. The SMILES string of the molecule is O=C(COc1ccc(-c2nc3cc(N4Cc5cc(N6CCCCC6)ccc5C4=O)ccc3[nH]2)cc1)Nc1ccc2c(c1)CCS2(O)O. The minimum atomic E-state index is -2.71. The van der Waals surface area contributed by atoms with Crippen LogP contribution in [0, 0.1) is 0 Å². The van der Waals surface area contributed by atoms with Crippen molar-refractivity contribution >= 4 is 50.5 Å². The number of hydrogen-bond donors (Lipinski definition) is 4. The summed E-state index contributed by atoms with van der Waals surface area (Å²) in [6.07, 6.45) is 4.28. The van der Waals surface area contributed by atoms with Gasteiger partial charge in [-0.25, -0.2) is 4.98 Å². The van der Waals surface area contributed by atoms with Crippen LogP contribution in [0.25, 0.3) is 22.4 Å². The number of anilines is 3. The first kappa shape index (κ1) is 29.6. The van der Waals surface area contributed by atoms with E-state index in [2.05, 4.69) is 27.3 Å². The molecular formula is C36H35N5O5S. The Bertz CT molecular complexity index is 2020. The number of H-pyrrole nitrogens is 1. The molecule has 11 heteroatoms. The van der Waals surface area contributed by atoms with E-state index >= 15 is 0 Å². The second kappa shape index (κ2) is 11.8. The highest BCUT2D eigenvalue weighted by molar-refractivity contribution is 8.24. The van der Waals surface area contributed by atoms with Crippen LogP contribution >= 0.6 is 10.6 Å². The highest BCUT2D eigenvalue weighted by atomic mass is 32.3. The molecule has 10 nitrogen and oxygen atoms in total. The van der Waals surface area contributed by atoms with Crippen molar-refractivity contribution in [2.75, 3.05) is 40.6 Å². The Hall–Kier alpha value is -4.84. The largest absolute Gasteiger partial charge is 0.484 e. The Labute approximate surface area is 273 Å². The standard InChI is InChI=1S/C36H35N5O5S/c42-34(37-26-6-13-33-24(18-26)14-17-47(33,44)45)22-46-29-9-4-23(5-10-29)35-38-31-12-8-28(20-32(31)39-35)41-21-25-19-27(7-11-30(25)36(41)43)40-15-2-1-3-16-40/h4-13,18-20,44-45H,1-3,14-17,21-22H2,(H,37,42)(H,38,39). The topological polar surface area (TPSA) is 131 Å². The first-order valence-corrected chi connectivity index (χ1v) is 17.6. The fourth-order valence-electron chi connectivity index (χ4n) is 6.75. The lowest BCUT2D eigenvalue weighted by molar-refractivity contribution is -0.118. The number of hydrogen-bond acceptors (Lipinski definition) is 7. The van der Waals surface area contributed by atoms with Crippen LogP contribution < -0.4 is 19.9 Å². The summed E-state index contributed by atoms with van der Waals surface area (Å²) < 4.78 is 25.9. The quantitative estimate of drug-likeness (QED) is 0.148. The van der Waals surface area contributed by atoms with Gasteiger partial charge in [0.05, 0.1) is 22.5 Å². The predicted molar refractivity (Wildman–Crippen MR) is 185 cm³/mol. The van der Waals surface area contributed by atoms with Crippen molar-refractivity contribution in [1.82, 2.24) is 9.97 Å². The first-order valence-electron chi connectivity index (χ1n) is 15.9. The fraction of sp³-hybridized carbons (Fsp3) is 0.250. The number of rotatable bonds is 7. The van der Waals surface area contributed by atoms with E-state index in [1.165, 1.54) is 24.9 Å². The fourth-order valence-corrected chi connectivity index (χ4v) is 8.34. The Balaban J connectivity index is 0.910. The molecule has 4 N–H and O–H groups in total. The molecular weight excluding hydrogens is 614 g/mol. The van der Waals surface area contributed by atoms with Crippen LogP contribution in [-0.2, 0) is 17.8 Å². The maximum Gasteiger partial charge on any atom is 0.262 e. The monoisotopic (exact) mass is 649 g/mol. The Morgan fingerprint density at radius 3 is 2.55 bits per heavy atom. The molecule has 3 aliphatic heterocycles. The number of aryl methyl sites for hydroxylation is 1. The summed E-state index contributed by atoms with van der Waals surface area (Å²) in [7, 11) is -2.71. The van der Waals surface area contributed by atoms with Gasteiger partial charge in [0.15, 0.2) is 6.61 Å². The molecule has 0 radical (unpaired) electrons. The number of benzene rings is 4. The van der Waals surface area contributed by atoms with Crippen LogP contribution in [0.1, 0.15) is 40.7 Å². The van der Waals surface area contributed by atoms with Crippen molar-refractivity contribution in [2.45, 2.75) is 37.1 Å². The summed E-state index contributed by atoms with van der Waals surface area (Å²) in [6.45, 7) is 2.51. The van der Waals surface area contributed by atoms with Crippen molar-refractivity contribution in [1.29, 1.82) is 0 Å². The summed E-state index contributed by atoms with van der Waals surface area (Å²) >= 11 is 0. The van der Waals surface area contributed by atoms with Crippen molar-refractivity contribution in [3.63, 3.8) is 0 Å². The molecule has 47 heavy (non-hydrogen) atoms. The highest BCUT2D eigenvalue weighted by Gasteiger charge is 2.30. The lowest BCUT2D eigenvalue weighted by Gasteiger charge is -2.29. The van der Waals surface area contributed by atoms with E-state index < -0.39 is 10.6 Å². The molecule has 4 aromatic carbocycles. The molecule has 2 amide bonds. The number of imidazole rings is 1. The summed E-state index contributed by atoms with van der Waals surface area (Å²) in [5.74, 6) is 1.26. The number of nitrogens with zero attached hydrogens (tertiary/aromatic N) is 3.